The molecule has 0 aromatic carbocycles. The molecular formula is C5H9N3OS. The normalized spacial score (nSPS) is 30.1. The highest BCUT2D eigenvalue weighted by molar-refractivity contribution is 8.03. The zero-order valence-corrected chi connectivity index (χ0v) is 6.15. The quantitative estimate of drug-likeness (QED) is 0.497. The maximum Gasteiger partial charge on any atom is 0.222 e. The van der Waals surface area contributed by atoms with E-state index in [1.165, 1.54) is 11.8 Å². The fraction of sp³-hybridized carbons (Fsp3) is 0.400. The Kier molecular flexibility index (Phi) is 1.87. The second-order valence-electron chi connectivity index (χ2n) is 2.10. The second kappa shape index (κ2) is 2.51. The van der Waals surface area contributed by atoms with E-state index in [1.807, 2.05) is 0 Å². The smallest absolute Gasteiger partial charge is 0.222 e. The van der Waals surface area contributed by atoms with Crippen LogP contribution in [0.2, 0.25) is 0 Å². The van der Waals surface area contributed by atoms with Gasteiger partial charge in [0, 0.05) is 6.20 Å². The Morgan fingerprint density at radius 3 is 2.90 bits per heavy atom. The lowest BCUT2D eigenvalue weighted by atomic mass is 10.3. The molecule has 1 unspecified atom stereocenters. The third kappa shape index (κ3) is 1.65. The maximum absolute atomic E-state index is 10.4. The van der Waals surface area contributed by atoms with Crippen LogP contribution in [0.5, 0.6) is 0 Å². The number of carbonyl (C=O) groups excluding carboxylic acids is 1. The fourth-order valence-corrected chi connectivity index (χ4v) is 1.46. The van der Waals surface area contributed by atoms with Crippen LogP contribution >= 0.6 is 11.8 Å². The molecule has 1 aliphatic rings. The Morgan fingerprint density at radius 2 is 2.50 bits per heavy atom. The third-order valence-electron chi connectivity index (χ3n) is 1.11. The molecule has 1 heterocycles. The molecule has 1 aliphatic heterocycles. The molecule has 56 valence electrons. The number of hydrogen-bond donors (Lipinski definition) is 3. The molecule has 10 heavy (non-hydrogen) atoms. The summed E-state index contributed by atoms with van der Waals surface area (Å²) >= 11 is 1.36. The summed E-state index contributed by atoms with van der Waals surface area (Å²) in [5.41, 5.74) is 10.6. The molecule has 0 saturated carbocycles. The van der Waals surface area contributed by atoms with Gasteiger partial charge in [-0.3, -0.25) is 10.5 Å². The van der Waals surface area contributed by atoms with E-state index < -0.39 is 10.9 Å². The molecule has 5 heteroatoms. The van der Waals surface area contributed by atoms with Gasteiger partial charge in [-0.25, -0.2) is 0 Å². The second-order valence-corrected chi connectivity index (χ2v) is 3.33. The highest BCUT2D eigenvalue weighted by Crippen LogP contribution is 2.25. The van der Waals surface area contributed by atoms with Crippen molar-refractivity contribution in [1.29, 1.82) is 0 Å². The van der Waals surface area contributed by atoms with Gasteiger partial charge in [0.05, 0.1) is 6.42 Å². The number of thioether (sulfide) groups is 1. The van der Waals surface area contributed by atoms with E-state index in [1.54, 1.807) is 11.6 Å². The first-order valence-corrected chi connectivity index (χ1v) is 3.68. The summed E-state index contributed by atoms with van der Waals surface area (Å²) in [6.07, 6.45) is 1.85. The fourth-order valence-electron chi connectivity index (χ4n) is 0.716. The van der Waals surface area contributed by atoms with Crippen molar-refractivity contribution in [1.82, 2.24) is 5.32 Å². The van der Waals surface area contributed by atoms with Gasteiger partial charge in [0.1, 0.15) is 4.99 Å². The first-order chi connectivity index (χ1) is 4.62. The van der Waals surface area contributed by atoms with Crippen LogP contribution < -0.4 is 16.8 Å². The predicted molar refractivity (Wildman–Crippen MR) is 40.6 cm³/mol. The topological polar surface area (TPSA) is 81.1 Å². The summed E-state index contributed by atoms with van der Waals surface area (Å²) in [6.45, 7) is 0. The van der Waals surface area contributed by atoms with Crippen LogP contribution in [0.15, 0.2) is 11.6 Å². The van der Waals surface area contributed by atoms with Crippen LogP contribution in [0.3, 0.4) is 0 Å². The van der Waals surface area contributed by atoms with Crippen LogP contribution in [-0.4, -0.2) is 10.9 Å². The van der Waals surface area contributed by atoms with Crippen LogP contribution in [0, 0.1) is 0 Å². The van der Waals surface area contributed by atoms with E-state index >= 15 is 0 Å². The zero-order chi connectivity index (χ0) is 7.61. The molecule has 0 spiro atoms. The molecule has 4 nitrogen and oxygen atoms in total. The van der Waals surface area contributed by atoms with E-state index in [0.29, 0.717) is 0 Å². The number of nitrogens with two attached hydrogens (primary N) is 2. The molecule has 5 N–H and O–H groups in total. The molecule has 1 atom stereocenters. The number of primary amides is 1. The Hall–Kier alpha value is -0.680. The van der Waals surface area contributed by atoms with Gasteiger partial charge in [-0.2, -0.15) is 0 Å². The minimum absolute atomic E-state index is 0.144. The van der Waals surface area contributed by atoms with Gasteiger partial charge in [0.15, 0.2) is 0 Å². The van der Waals surface area contributed by atoms with Crippen molar-refractivity contribution < 1.29 is 4.79 Å². The van der Waals surface area contributed by atoms with Crippen molar-refractivity contribution in [2.45, 2.75) is 11.4 Å². The number of nitrogens with one attached hydrogen (secondary N) is 1. The lowest BCUT2D eigenvalue weighted by molar-refractivity contribution is -0.118. The van der Waals surface area contributed by atoms with Crippen molar-refractivity contribution in [2.24, 2.45) is 11.5 Å². The maximum atomic E-state index is 10.4. The molecule has 1 amide bonds. The summed E-state index contributed by atoms with van der Waals surface area (Å²) in [7, 11) is 0. The van der Waals surface area contributed by atoms with Crippen LogP contribution in [-0.2, 0) is 4.79 Å². The average Bonchev–Trinajstić information content (AvgIpc) is 2.12. The number of rotatable bonds is 2. The minimum Gasteiger partial charge on any atom is -0.370 e. The van der Waals surface area contributed by atoms with Gasteiger partial charge < -0.3 is 11.1 Å². The van der Waals surface area contributed by atoms with Gasteiger partial charge in [-0.05, 0) is 5.41 Å². The molecule has 0 saturated heterocycles. The number of amides is 1. The van der Waals surface area contributed by atoms with E-state index in [-0.39, 0.29) is 6.42 Å². The molecule has 0 aromatic heterocycles. The molecule has 0 bridgehead atoms. The average molecular weight is 159 g/mol. The van der Waals surface area contributed by atoms with Crippen LogP contribution in [0.4, 0.5) is 0 Å². The molecular weight excluding hydrogens is 150 g/mol. The molecule has 0 aliphatic carbocycles. The van der Waals surface area contributed by atoms with Crippen LogP contribution in [0.25, 0.3) is 0 Å². The zero-order valence-electron chi connectivity index (χ0n) is 5.33. The Morgan fingerprint density at radius 1 is 1.80 bits per heavy atom. The summed E-state index contributed by atoms with van der Waals surface area (Å²) < 4.78 is 0. The van der Waals surface area contributed by atoms with Crippen LogP contribution in [0.1, 0.15) is 6.42 Å². The van der Waals surface area contributed by atoms with E-state index in [4.69, 9.17) is 11.5 Å². The van der Waals surface area contributed by atoms with Crippen molar-refractivity contribution in [2.75, 3.05) is 0 Å². The summed E-state index contributed by atoms with van der Waals surface area (Å²) in [5, 5.41) is 4.62. The monoisotopic (exact) mass is 159 g/mol. The standard InChI is InChI=1S/C5H9N3OS/c6-4(9)3-5(7)8-1-2-10-5/h1-2,8H,3,7H2,(H2,6,9). The van der Waals surface area contributed by atoms with Gasteiger partial charge >= 0.3 is 0 Å². The molecule has 0 radical (unpaired) electrons. The Balaban J connectivity index is 2.46. The van der Waals surface area contributed by atoms with Crippen molar-refractivity contribution in [3.63, 3.8) is 0 Å². The van der Waals surface area contributed by atoms with Crippen molar-refractivity contribution in [3.8, 4) is 0 Å². The number of carbonyl (C=O) groups is 1. The largest absolute Gasteiger partial charge is 0.370 e. The van der Waals surface area contributed by atoms with Gasteiger partial charge in [0.25, 0.3) is 0 Å². The van der Waals surface area contributed by atoms with E-state index in [2.05, 4.69) is 5.32 Å². The van der Waals surface area contributed by atoms with Gasteiger partial charge in [-0.15, -0.1) is 0 Å². The van der Waals surface area contributed by atoms with Gasteiger partial charge in [-0.1, -0.05) is 11.8 Å². The SMILES string of the molecule is NC(=O)CC1(N)NC=CS1. The lowest BCUT2D eigenvalue weighted by Gasteiger charge is -2.21. The first-order valence-electron chi connectivity index (χ1n) is 2.80. The van der Waals surface area contributed by atoms with Gasteiger partial charge in [0.2, 0.25) is 5.91 Å². The summed E-state index contributed by atoms with van der Waals surface area (Å²) in [4.78, 5) is 9.72. The molecule has 0 aromatic rings. The van der Waals surface area contributed by atoms with E-state index in [9.17, 15) is 4.79 Å². The highest BCUT2D eigenvalue weighted by Gasteiger charge is 2.28. The van der Waals surface area contributed by atoms with E-state index in [0.717, 1.165) is 0 Å². The Labute approximate surface area is 63.0 Å². The Bertz CT molecular complexity index is 172. The highest BCUT2D eigenvalue weighted by atomic mass is 32.2. The summed E-state index contributed by atoms with van der Waals surface area (Å²) in [6, 6.07) is 0. The van der Waals surface area contributed by atoms with Crippen molar-refractivity contribution in [3.05, 3.63) is 11.6 Å². The molecule has 0 fully saturated rings. The third-order valence-corrected chi connectivity index (χ3v) is 2.07. The van der Waals surface area contributed by atoms with Crippen molar-refractivity contribution >= 4 is 17.7 Å². The first kappa shape index (κ1) is 7.43. The predicted octanol–water partition coefficient (Wildman–Crippen LogP) is -0.718. The molecule has 1 rings (SSSR count). The minimum atomic E-state index is -0.703. The number of hydrogen-bond acceptors (Lipinski definition) is 4. The summed E-state index contributed by atoms with van der Waals surface area (Å²) in [5.74, 6) is -0.397. The lowest BCUT2D eigenvalue weighted by Crippen LogP contribution is -2.48.